The molecule has 0 unspecified atom stereocenters. The number of nitro benzene ring substituents is 1. The minimum absolute atomic E-state index is 0. The summed E-state index contributed by atoms with van der Waals surface area (Å²) in [6.45, 7) is 9.23. The van der Waals surface area contributed by atoms with Crippen LogP contribution in [0, 0.1) is 15.5 Å². The van der Waals surface area contributed by atoms with Crippen LogP contribution in [0.4, 0.5) is 5.69 Å². The summed E-state index contributed by atoms with van der Waals surface area (Å²) in [5, 5.41) is 25.2. The number of phenols is 1. The third-order valence-electron chi connectivity index (χ3n) is 3.95. The van der Waals surface area contributed by atoms with Crippen molar-refractivity contribution in [2.75, 3.05) is 26.2 Å². The number of nitrogens with zero attached hydrogens (tertiary/aromatic N) is 2. The van der Waals surface area contributed by atoms with E-state index in [2.05, 4.69) is 10.2 Å². The number of benzene rings is 1. The first-order valence-electron chi connectivity index (χ1n) is 7.34. The van der Waals surface area contributed by atoms with E-state index >= 15 is 0 Å². The molecule has 0 aromatic heterocycles. The molecule has 2 rings (SSSR count). The van der Waals surface area contributed by atoms with E-state index < -0.39 is 4.92 Å². The number of hydrogen-bond donors (Lipinski definition) is 2. The van der Waals surface area contributed by atoms with Crippen LogP contribution in [0.25, 0.3) is 0 Å². The highest BCUT2D eigenvalue weighted by Gasteiger charge is 2.39. The number of aromatic hydroxyl groups is 1. The largest absolute Gasteiger partial charge is 0.506 e. The molecule has 1 atom stereocenters. The summed E-state index contributed by atoms with van der Waals surface area (Å²) in [5.74, 6) is -0.186. The van der Waals surface area contributed by atoms with E-state index in [1.165, 1.54) is 12.1 Å². The second kappa shape index (κ2) is 9.06. The molecule has 138 valence electrons. The summed E-state index contributed by atoms with van der Waals surface area (Å²) in [7, 11) is 0. The van der Waals surface area contributed by atoms with Gasteiger partial charge in [0.1, 0.15) is 5.75 Å². The molecular formula is C15H24Cl3N3O3. The lowest BCUT2D eigenvalue weighted by atomic mass is 9.80. The minimum atomic E-state index is -0.452. The van der Waals surface area contributed by atoms with Crippen LogP contribution in [-0.2, 0) is 0 Å². The Kier molecular flexibility index (Phi) is 8.76. The van der Waals surface area contributed by atoms with Crippen LogP contribution >= 0.6 is 36.4 Å². The van der Waals surface area contributed by atoms with E-state index in [0.717, 1.165) is 26.2 Å². The summed E-state index contributed by atoms with van der Waals surface area (Å²) in [5.41, 5.74) is -0.0585. The standard InChI is InChI=1S/C15H22ClN3O3.2ClH/c1-15(2,3)14(18-8-6-17-7-9-18)12-11(19(21)22)5-4-10(16)13(12)20;;/h4-5,14,17,20H,6-9H2,1-3H3;2*1H/t14-;;/m0../s1. The topological polar surface area (TPSA) is 78.6 Å². The van der Waals surface area contributed by atoms with Crippen molar-refractivity contribution in [1.82, 2.24) is 10.2 Å². The minimum Gasteiger partial charge on any atom is -0.506 e. The Balaban J connectivity index is 0.00000264. The Bertz CT molecular complexity index is 573. The second-order valence-corrected chi connectivity index (χ2v) is 7.05. The van der Waals surface area contributed by atoms with Crippen molar-refractivity contribution >= 4 is 42.1 Å². The summed E-state index contributed by atoms with van der Waals surface area (Å²) in [4.78, 5) is 13.1. The van der Waals surface area contributed by atoms with E-state index in [0.29, 0.717) is 5.56 Å². The number of halogens is 3. The Hall–Kier alpha value is -0.790. The van der Waals surface area contributed by atoms with Crippen molar-refractivity contribution in [3.63, 3.8) is 0 Å². The first kappa shape index (κ1) is 23.2. The molecule has 1 aromatic carbocycles. The lowest BCUT2D eigenvalue weighted by Gasteiger charge is -2.42. The average Bonchev–Trinajstić information content (AvgIpc) is 2.43. The Morgan fingerprint density at radius 3 is 2.29 bits per heavy atom. The van der Waals surface area contributed by atoms with Gasteiger partial charge in [0.15, 0.2) is 0 Å². The van der Waals surface area contributed by atoms with Crippen LogP contribution in [0.1, 0.15) is 32.4 Å². The first-order valence-corrected chi connectivity index (χ1v) is 7.72. The van der Waals surface area contributed by atoms with Gasteiger partial charge in [0.2, 0.25) is 0 Å². The van der Waals surface area contributed by atoms with Crippen LogP contribution < -0.4 is 5.32 Å². The van der Waals surface area contributed by atoms with Crippen LogP contribution in [0.2, 0.25) is 5.02 Å². The maximum atomic E-state index is 11.4. The first-order chi connectivity index (χ1) is 10.2. The fourth-order valence-electron chi connectivity index (χ4n) is 3.10. The lowest BCUT2D eigenvalue weighted by Crippen LogP contribution is -2.48. The summed E-state index contributed by atoms with van der Waals surface area (Å²) >= 11 is 6.02. The van der Waals surface area contributed by atoms with E-state index in [9.17, 15) is 15.2 Å². The third kappa shape index (κ3) is 4.86. The molecular weight excluding hydrogens is 377 g/mol. The van der Waals surface area contributed by atoms with E-state index in [1.54, 1.807) is 0 Å². The molecule has 1 saturated heterocycles. The van der Waals surface area contributed by atoms with Crippen molar-refractivity contribution in [3.8, 4) is 5.75 Å². The smallest absolute Gasteiger partial charge is 0.278 e. The van der Waals surface area contributed by atoms with Gasteiger partial charge in [-0.05, 0) is 11.5 Å². The monoisotopic (exact) mass is 399 g/mol. The summed E-state index contributed by atoms with van der Waals surface area (Å²) in [6.07, 6.45) is 0. The fourth-order valence-corrected chi connectivity index (χ4v) is 3.27. The molecule has 0 bridgehead atoms. The predicted molar refractivity (Wildman–Crippen MR) is 101 cm³/mol. The molecule has 24 heavy (non-hydrogen) atoms. The Morgan fingerprint density at radius 2 is 1.83 bits per heavy atom. The molecule has 0 aliphatic carbocycles. The molecule has 9 heteroatoms. The number of nitro groups is 1. The molecule has 2 N–H and O–H groups in total. The van der Waals surface area contributed by atoms with Crippen molar-refractivity contribution in [1.29, 1.82) is 0 Å². The molecule has 0 saturated carbocycles. The molecule has 1 aromatic rings. The van der Waals surface area contributed by atoms with Gasteiger partial charge in [-0.15, -0.1) is 24.8 Å². The van der Waals surface area contributed by atoms with Gasteiger partial charge in [0.25, 0.3) is 5.69 Å². The maximum absolute atomic E-state index is 11.4. The zero-order valence-electron chi connectivity index (χ0n) is 13.9. The van der Waals surface area contributed by atoms with Crippen molar-refractivity contribution in [2.24, 2.45) is 5.41 Å². The van der Waals surface area contributed by atoms with E-state index in [4.69, 9.17) is 11.6 Å². The van der Waals surface area contributed by atoms with Crippen LogP contribution in [-0.4, -0.2) is 41.1 Å². The molecule has 0 spiro atoms. The zero-order valence-corrected chi connectivity index (χ0v) is 16.3. The molecule has 1 fully saturated rings. The zero-order chi connectivity index (χ0) is 16.5. The maximum Gasteiger partial charge on any atom is 0.278 e. The summed E-state index contributed by atoms with van der Waals surface area (Å²) in [6, 6.07) is 2.46. The number of piperazine rings is 1. The third-order valence-corrected chi connectivity index (χ3v) is 4.26. The highest BCUT2D eigenvalue weighted by atomic mass is 35.5. The summed E-state index contributed by atoms with van der Waals surface area (Å²) < 4.78 is 0. The van der Waals surface area contributed by atoms with Crippen molar-refractivity contribution in [2.45, 2.75) is 26.8 Å². The van der Waals surface area contributed by atoms with Crippen molar-refractivity contribution in [3.05, 3.63) is 32.8 Å². The normalized spacial score (nSPS) is 16.7. The van der Waals surface area contributed by atoms with Crippen molar-refractivity contribution < 1.29 is 10.0 Å². The van der Waals surface area contributed by atoms with Gasteiger partial charge in [-0.2, -0.15) is 0 Å². The Labute approximate surface area is 159 Å². The number of hydrogen-bond acceptors (Lipinski definition) is 5. The highest BCUT2D eigenvalue weighted by molar-refractivity contribution is 6.32. The van der Waals surface area contributed by atoms with Crippen LogP contribution in [0.5, 0.6) is 5.75 Å². The van der Waals surface area contributed by atoms with Gasteiger partial charge in [0.05, 0.1) is 21.6 Å². The number of rotatable bonds is 3. The van der Waals surface area contributed by atoms with Gasteiger partial charge in [-0.1, -0.05) is 32.4 Å². The number of phenolic OH excluding ortho intramolecular Hbond substituents is 1. The van der Waals surface area contributed by atoms with Gasteiger partial charge in [-0.3, -0.25) is 15.0 Å². The molecule has 1 heterocycles. The highest BCUT2D eigenvalue weighted by Crippen LogP contribution is 2.47. The fraction of sp³-hybridized carbons (Fsp3) is 0.600. The van der Waals surface area contributed by atoms with Gasteiger partial charge < -0.3 is 10.4 Å². The quantitative estimate of drug-likeness (QED) is 0.596. The van der Waals surface area contributed by atoms with E-state index in [-0.39, 0.29) is 52.7 Å². The second-order valence-electron chi connectivity index (χ2n) is 6.64. The molecule has 1 aliphatic heterocycles. The van der Waals surface area contributed by atoms with Crippen LogP contribution in [0.3, 0.4) is 0 Å². The molecule has 0 radical (unpaired) electrons. The van der Waals surface area contributed by atoms with Gasteiger partial charge >= 0.3 is 0 Å². The molecule has 1 aliphatic rings. The molecule has 6 nitrogen and oxygen atoms in total. The number of nitrogens with one attached hydrogen (secondary N) is 1. The Morgan fingerprint density at radius 1 is 1.29 bits per heavy atom. The van der Waals surface area contributed by atoms with Gasteiger partial charge in [0, 0.05) is 32.2 Å². The molecule has 0 amide bonds. The lowest BCUT2D eigenvalue weighted by molar-refractivity contribution is -0.386. The van der Waals surface area contributed by atoms with Gasteiger partial charge in [-0.25, -0.2) is 0 Å². The van der Waals surface area contributed by atoms with Crippen LogP contribution in [0.15, 0.2) is 12.1 Å². The van der Waals surface area contributed by atoms with E-state index in [1.807, 2.05) is 20.8 Å². The predicted octanol–water partition coefficient (Wildman–Crippen LogP) is 3.79. The average molecular weight is 401 g/mol. The SMILES string of the molecule is CC(C)(C)[C@H](c1c([N+](=O)[O-])ccc(Cl)c1O)N1CCNCC1.Cl.Cl.